The van der Waals surface area contributed by atoms with Crippen LogP contribution in [0.1, 0.15) is 35.2 Å². The summed E-state index contributed by atoms with van der Waals surface area (Å²) in [6, 6.07) is 13.5. The number of hydrogen-bond acceptors (Lipinski definition) is 1. The van der Waals surface area contributed by atoms with Crippen molar-refractivity contribution in [1.82, 2.24) is 5.32 Å². The molecular formula is C17H20FN. The normalized spacial score (nSPS) is 12.4. The Morgan fingerprint density at radius 3 is 2.37 bits per heavy atom. The summed E-state index contributed by atoms with van der Waals surface area (Å²) in [4.78, 5) is 0. The molecule has 1 unspecified atom stereocenters. The van der Waals surface area contributed by atoms with Crippen molar-refractivity contribution in [3.05, 3.63) is 70.5 Å². The molecule has 2 rings (SSSR count). The summed E-state index contributed by atoms with van der Waals surface area (Å²) in [5.74, 6) is -0.162. The van der Waals surface area contributed by atoms with Crippen LogP contribution in [0.3, 0.4) is 0 Å². The molecule has 0 aromatic heterocycles. The Morgan fingerprint density at radius 1 is 1.11 bits per heavy atom. The fourth-order valence-electron chi connectivity index (χ4n) is 2.33. The molecule has 0 radical (unpaired) electrons. The summed E-state index contributed by atoms with van der Waals surface area (Å²) < 4.78 is 14.0. The van der Waals surface area contributed by atoms with Crippen LogP contribution >= 0.6 is 0 Å². The van der Waals surface area contributed by atoms with Gasteiger partial charge in [0.05, 0.1) is 6.04 Å². The Morgan fingerprint density at radius 2 is 1.79 bits per heavy atom. The third kappa shape index (κ3) is 3.02. The Bertz CT molecular complexity index is 546. The fraction of sp³-hybridized carbons (Fsp3) is 0.294. The van der Waals surface area contributed by atoms with E-state index < -0.39 is 0 Å². The smallest absolute Gasteiger partial charge is 0.128 e. The summed E-state index contributed by atoms with van der Waals surface area (Å²) in [6.07, 6.45) is 1.02. The van der Waals surface area contributed by atoms with E-state index in [2.05, 4.69) is 36.5 Å². The van der Waals surface area contributed by atoms with E-state index in [1.54, 1.807) is 6.07 Å². The molecule has 2 aromatic rings. The van der Waals surface area contributed by atoms with Gasteiger partial charge >= 0.3 is 0 Å². The molecule has 2 aromatic carbocycles. The van der Waals surface area contributed by atoms with Gasteiger partial charge in [0.1, 0.15) is 5.82 Å². The highest BCUT2D eigenvalue weighted by atomic mass is 19.1. The van der Waals surface area contributed by atoms with Crippen LogP contribution in [0.25, 0.3) is 0 Å². The number of nitrogens with one attached hydrogen (secondary N) is 1. The van der Waals surface area contributed by atoms with E-state index in [1.165, 1.54) is 11.6 Å². The van der Waals surface area contributed by atoms with Gasteiger partial charge in [-0.05, 0) is 37.6 Å². The molecule has 0 amide bonds. The Hall–Kier alpha value is -1.67. The zero-order valence-corrected chi connectivity index (χ0v) is 11.7. The van der Waals surface area contributed by atoms with Crippen molar-refractivity contribution in [1.29, 1.82) is 0 Å². The molecule has 0 fully saturated rings. The zero-order chi connectivity index (χ0) is 13.8. The van der Waals surface area contributed by atoms with E-state index >= 15 is 0 Å². The van der Waals surface area contributed by atoms with E-state index in [0.29, 0.717) is 5.56 Å². The first-order valence-corrected chi connectivity index (χ1v) is 6.68. The predicted octanol–water partition coefficient (Wildman–Crippen LogP) is 4.01. The Balaban J connectivity index is 2.40. The summed E-state index contributed by atoms with van der Waals surface area (Å²) in [7, 11) is 1.86. The highest BCUT2D eigenvalue weighted by Gasteiger charge is 2.16. The monoisotopic (exact) mass is 257 g/mol. The molecule has 0 bridgehead atoms. The van der Waals surface area contributed by atoms with Gasteiger partial charge in [0, 0.05) is 5.56 Å². The van der Waals surface area contributed by atoms with Gasteiger partial charge in [-0.15, -0.1) is 0 Å². The van der Waals surface area contributed by atoms with E-state index in [4.69, 9.17) is 0 Å². The highest BCUT2D eigenvalue weighted by Crippen LogP contribution is 2.25. The van der Waals surface area contributed by atoms with Crippen molar-refractivity contribution < 1.29 is 4.39 Å². The number of rotatable bonds is 4. The Kier molecular flexibility index (Phi) is 4.33. The van der Waals surface area contributed by atoms with Crippen molar-refractivity contribution >= 4 is 0 Å². The molecule has 0 aliphatic heterocycles. The maximum atomic E-state index is 14.0. The van der Waals surface area contributed by atoms with Crippen molar-refractivity contribution in [2.24, 2.45) is 0 Å². The van der Waals surface area contributed by atoms with Gasteiger partial charge in [0.25, 0.3) is 0 Å². The summed E-state index contributed by atoms with van der Waals surface area (Å²) >= 11 is 0. The zero-order valence-electron chi connectivity index (χ0n) is 11.7. The lowest BCUT2D eigenvalue weighted by molar-refractivity contribution is 0.575. The van der Waals surface area contributed by atoms with Gasteiger partial charge in [-0.2, -0.15) is 0 Å². The first kappa shape index (κ1) is 13.8. The first-order chi connectivity index (χ1) is 9.15. The van der Waals surface area contributed by atoms with E-state index in [1.807, 2.05) is 20.0 Å². The number of hydrogen-bond donors (Lipinski definition) is 1. The third-order valence-electron chi connectivity index (χ3n) is 3.47. The number of aryl methyl sites for hydroxylation is 2. The standard InChI is InChI=1S/C17H20FN/c1-4-13-6-8-14(9-7-13)17(19-3)15-11-12(2)5-10-16(15)18/h5-11,17,19H,4H2,1-3H3. The molecule has 0 aliphatic rings. The average molecular weight is 257 g/mol. The van der Waals surface area contributed by atoms with Gasteiger partial charge in [-0.25, -0.2) is 4.39 Å². The largest absolute Gasteiger partial charge is 0.309 e. The van der Waals surface area contributed by atoms with Crippen LogP contribution < -0.4 is 5.32 Å². The number of halogens is 1. The molecular weight excluding hydrogens is 237 g/mol. The molecule has 0 spiro atoms. The minimum absolute atomic E-state index is 0.106. The first-order valence-electron chi connectivity index (χ1n) is 6.68. The molecule has 19 heavy (non-hydrogen) atoms. The van der Waals surface area contributed by atoms with E-state index in [-0.39, 0.29) is 11.9 Å². The molecule has 1 N–H and O–H groups in total. The maximum absolute atomic E-state index is 14.0. The fourth-order valence-corrected chi connectivity index (χ4v) is 2.33. The highest BCUT2D eigenvalue weighted by molar-refractivity contribution is 5.36. The minimum Gasteiger partial charge on any atom is -0.309 e. The quantitative estimate of drug-likeness (QED) is 0.872. The molecule has 1 nitrogen and oxygen atoms in total. The van der Waals surface area contributed by atoms with Crippen LogP contribution in [0, 0.1) is 12.7 Å². The molecule has 0 aliphatic carbocycles. The van der Waals surface area contributed by atoms with Crippen molar-refractivity contribution in [3.8, 4) is 0 Å². The second kappa shape index (κ2) is 5.98. The van der Waals surface area contributed by atoms with Gasteiger partial charge < -0.3 is 5.32 Å². The summed E-state index contributed by atoms with van der Waals surface area (Å²) in [6.45, 7) is 4.11. The van der Waals surface area contributed by atoms with Gasteiger partial charge in [0.15, 0.2) is 0 Å². The molecule has 0 heterocycles. The van der Waals surface area contributed by atoms with Crippen LogP contribution in [0.15, 0.2) is 42.5 Å². The molecule has 0 saturated heterocycles. The van der Waals surface area contributed by atoms with Gasteiger partial charge in [-0.1, -0.05) is 48.9 Å². The van der Waals surface area contributed by atoms with Crippen LogP contribution in [0.5, 0.6) is 0 Å². The van der Waals surface area contributed by atoms with Crippen LogP contribution in [0.4, 0.5) is 4.39 Å². The molecule has 100 valence electrons. The second-order valence-electron chi connectivity index (χ2n) is 4.84. The number of benzene rings is 2. The van der Waals surface area contributed by atoms with E-state index in [9.17, 15) is 4.39 Å². The molecule has 2 heteroatoms. The summed E-state index contributed by atoms with van der Waals surface area (Å²) in [5, 5.41) is 3.20. The average Bonchev–Trinajstić information content (AvgIpc) is 2.44. The third-order valence-corrected chi connectivity index (χ3v) is 3.47. The SMILES string of the molecule is CCc1ccc(C(NC)c2cc(C)ccc2F)cc1. The lowest BCUT2D eigenvalue weighted by atomic mass is 9.96. The Labute approximate surface area is 114 Å². The maximum Gasteiger partial charge on any atom is 0.128 e. The lowest BCUT2D eigenvalue weighted by Gasteiger charge is -2.19. The van der Waals surface area contributed by atoms with Gasteiger partial charge in [-0.3, -0.25) is 0 Å². The summed E-state index contributed by atoms with van der Waals surface area (Å²) in [5.41, 5.74) is 4.15. The van der Waals surface area contributed by atoms with Crippen molar-refractivity contribution in [2.75, 3.05) is 7.05 Å². The van der Waals surface area contributed by atoms with Crippen LogP contribution in [0.2, 0.25) is 0 Å². The van der Waals surface area contributed by atoms with Crippen LogP contribution in [-0.4, -0.2) is 7.05 Å². The van der Waals surface area contributed by atoms with Crippen molar-refractivity contribution in [2.45, 2.75) is 26.3 Å². The van der Waals surface area contributed by atoms with Gasteiger partial charge in [0.2, 0.25) is 0 Å². The predicted molar refractivity (Wildman–Crippen MR) is 77.9 cm³/mol. The molecule has 0 saturated carbocycles. The minimum atomic E-state index is -0.162. The lowest BCUT2D eigenvalue weighted by Crippen LogP contribution is -2.19. The second-order valence-corrected chi connectivity index (χ2v) is 4.84. The van der Waals surface area contributed by atoms with Crippen LogP contribution in [-0.2, 0) is 6.42 Å². The topological polar surface area (TPSA) is 12.0 Å². The van der Waals surface area contributed by atoms with Crippen molar-refractivity contribution in [3.63, 3.8) is 0 Å². The molecule has 1 atom stereocenters. The van der Waals surface area contributed by atoms with E-state index in [0.717, 1.165) is 17.5 Å².